The first kappa shape index (κ1) is 19.2. The maximum Gasteiger partial charge on any atom is 0.328 e. The minimum atomic E-state index is -1.10. The van der Waals surface area contributed by atoms with E-state index in [2.05, 4.69) is 15.4 Å². The first-order chi connectivity index (χ1) is 9.67. The zero-order valence-electron chi connectivity index (χ0n) is 13.3. The highest BCUT2D eigenvalue weighted by Gasteiger charge is 2.26. The van der Waals surface area contributed by atoms with E-state index >= 15 is 0 Å². The minimum Gasteiger partial charge on any atom is -0.480 e. The highest BCUT2D eigenvalue weighted by molar-refractivity contribution is 5.86. The van der Waals surface area contributed by atoms with Crippen LogP contribution in [0, 0.1) is 11.8 Å². The Labute approximate surface area is 125 Å². The fraction of sp³-hybridized carbons (Fsp3) is 0.786. The van der Waals surface area contributed by atoms with Crippen LogP contribution in [0.2, 0.25) is 0 Å². The first-order valence-corrected chi connectivity index (χ1v) is 7.05. The molecule has 0 bridgehead atoms. The molecule has 0 aromatic carbocycles. The number of nitrogens with one attached hydrogen (secondary N) is 2. The topological polar surface area (TPSA) is 105 Å². The van der Waals surface area contributed by atoms with Gasteiger partial charge >= 0.3 is 18.0 Å². The molecule has 7 nitrogen and oxygen atoms in total. The maximum atomic E-state index is 11.9. The molecule has 0 heterocycles. The van der Waals surface area contributed by atoms with Gasteiger partial charge in [-0.05, 0) is 24.7 Å². The number of esters is 1. The number of hydrogen-bond donors (Lipinski definition) is 3. The van der Waals surface area contributed by atoms with E-state index in [0.29, 0.717) is 12.8 Å². The first-order valence-electron chi connectivity index (χ1n) is 7.05. The molecule has 3 N–H and O–H groups in total. The molecule has 1 unspecified atom stereocenters. The Kier molecular flexibility index (Phi) is 8.42. The van der Waals surface area contributed by atoms with Crippen molar-refractivity contribution in [1.82, 2.24) is 10.6 Å². The third-order valence-electron chi connectivity index (χ3n) is 2.81. The quantitative estimate of drug-likeness (QED) is 0.587. The molecule has 0 aliphatic carbocycles. The second-order valence-electron chi connectivity index (χ2n) is 5.84. The molecule has 0 saturated carbocycles. The molecule has 2 amide bonds. The Bertz CT molecular complexity index is 368. The van der Waals surface area contributed by atoms with Gasteiger partial charge in [-0.3, -0.25) is 0 Å². The van der Waals surface area contributed by atoms with Crippen molar-refractivity contribution in [3.8, 4) is 0 Å². The van der Waals surface area contributed by atoms with Crippen molar-refractivity contribution in [2.75, 3.05) is 7.11 Å². The Morgan fingerprint density at radius 2 is 1.38 bits per heavy atom. The number of carbonyl (C=O) groups is 3. The predicted molar refractivity (Wildman–Crippen MR) is 77.8 cm³/mol. The van der Waals surface area contributed by atoms with Crippen LogP contribution >= 0.6 is 0 Å². The van der Waals surface area contributed by atoms with Gasteiger partial charge in [-0.15, -0.1) is 0 Å². The van der Waals surface area contributed by atoms with E-state index in [0.717, 1.165) is 0 Å². The van der Waals surface area contributed by atoms with E-state index < -0.39 is 30.1 Å². The molecule has 0 spiro atoms. The summed E-state index contributed by atoms with van der Waals surface area (Å²) in [6.45, 7) is 7.56. The number of rotatable bonds is 8. The van der Waals surface area contributed by atoms with Gasteiger partial charge in [0.25, 0.3) is 0 Å². The molecule has 0 aliphatic heterocycles. The zero-order chi connectivity index (χ0) is 16.6. The summed E-state index contributed by atoms with van der Waals surface area (Å²) < 4.78 is 4.63. The fourth-order valence-corrected chi connectivity index (χ4v) is 1.88. The van der Waals surface area contributed by atoms with Crippen molar-refractivity contribution in [1.29, 1.82) is 0 Å². The number of ether oxygens (including phenoxy) is 1. The van der Waals surface area contributed by atoms with E-state index in [1.54, 1.807) is 0 Å². The van der Waals surface area contributed by atoms with Gasteiger partial charge < -0.3 is 20.5 Å². The molecule has 0 saturated heterocycles. The summed E-state index contributed by atoms with van der Waals surface area (Å²) >= 11 is 0. The van der Waals surface area contributed by atoms with Crippen LogP contribution in [0.3, 0.4) is 0 Å². The summed E-state index contributed by atoms with van der Waals surface area (Å²) in [7, 11) is 1.24. The molecule has 0 aromatic rings. The second kappa shape index (κ2) is 9.20. The van der Waals surface area contributed by atoms with Gasteiger partial charge in [-0.25, -0.2) is 14.4 Å². The van der Waals surface area contributed by atoms with Crippen molar-refractivity contribution < 1.29 is 24.2 Å². The smallest absolute Gasteiger partial charge is 0.328 e. The lowest BCUT2D eigenvalue weighted by Gasteiger charge is -2.21. The SMILES string of the molecule is COC(=O)C(CC(C)C)NC(=O)N[C@@H](CC(C)C)C(=O)O. The van der Waals surface area contributed by atoms with Crippen LogP contribution in [-0.4, -0.2) is 42.3 Å². The third-order valence-corrected chi connectivity index (χ3v) is 2.81. The van der Waals surface area contributed by atoms with Crippen LogP contribution in [0.25, 0.3) is 0 Å². The molecule has 0 radical (unpaired) electrons. The second-order valence-corrected chi connectivity index (χ2v) is 5.84. The molecule has 0 aromatic heterocycles. The molecule has 122 valence electrons. The van der Waals surface area contributed by atoms with Gasteiger partial charge in [0.2, 0.25) is 0 Å². The molecular weight excluding hydrogens is 276 g/mol. The van der Waals surface area contributed by atoms with E-state index in [9.17, 15) is 14.4 Å². The Balaban J connectivity index is 4.66. The van der Waals surface area contributed by atoms with Crippen LogP contribution in [0.4, 0.5) is 4.79 Å². The van der Waals surface area contributed by atoms with Crippen molar-refractivity contribution in [3.05, 3.63) is 0 Å². The van der Waals surface area contributed by atoms with Crippen molar-refractivity contribution in [2.24, 2.45) is 11.8 Å². The normalized spacial score (nSPS) is 13.7. The summed E-state index contributed by atoms with van der Waals surface area (Å²) in [6, 6.07) is -2.45. The van der Waals surface area contributed by atoms with Crippen molar-refractivity contribution in [2.45, 2.75) is 52.6 Å². The lowest BCUT2D eigenvalue weighted by molar-refractivity contribution is -0.143. The van der Waals surface area contributed by atoms with Crippen LogP contribution in [0.15, 0.2) is 0 Å². The molecule has 0 aliphatic rings. The number of carboxylic acid groups (broad SMARTS) is 1. The Morgan fingerprint density at radius 3 is 1.76 bits per heavy atom. The van der Waals surface area contributed by atoms with Crippen LogP contribution in [-0.2, 0) is 14.3 Å². The fourth-order valence-electron chi connectivity index (χ4n) is 1.88. The van der Waals surface area contributed by atoms with E-state index in [1.807, 2.05) is 27.7 Å². The standard InChI is InChI=1S/C14H26N2O5/c1-8(2)6-10(12(17)18)15-14(20)16-11(7-9(3)4)13(19)21-5/h8-11H,6-7H2,1-5H3,(H,17,18)(H2,15,16,20)/t10-,11?/m0/s1. The minimum absolute atomic E-state index is 0.124. The van der Waals surface area contributed by atoms with Crippen LogP contribution in [0.1, 0.15) is 40.5 Å². The predicted octanol–water partition coefficient (Wildman–Crippen LogP) is 1.37. The highest BCUT2D eigenvalue weighted by atomic mass is 16.5. The maximum absolute atomic E-state index is 11.9. The number of aliphatic carboxylic acids is 1. The highest BCUT2D eigenvalue weighted by Crippen LogP contribution is 2.07. The summed E-state index contributed by atoms with van der Waals surface area (Å²) in [5, 5.41) is 13.9. The molecule has 2 atom stereocenters. The molecular formula is C14H26N2O5. The van der Waals surface area contributed by atoms with Gasteiger partial charge in [-0.1, -0.05) is 27.7 Å². The van der Waals surface area contributed by atoms with Gasteiger partial charge in [0.05, 0.1) is 7.11 Å². The largest absolute Gasteiger partial charge is 0.480 e. The van der Waals surface area contributed by atoms with Gasteiger partial charge in [0, 0.05) is 0 Å². The number of carboxylic acids is 1. The molecule has 0 fully saturated rings. The lowest BCUT2D eigenvalue weighted by atomic mass is 10.0. The lowest BCUT2D eigenvalue weighted by Crippen LogP contribution is -2.51. The summed E-state index contributed by atoms with van der Waals surface area (Å²) in [4.78, 5) is 34.5. The number of hydrogen-bond acceptors (Lipinski definition) is 4. The number of methoxy groups -OCH3 is 1. The van der Waals surface area contributed by atoms with E-state index in [-0.39, 0.29) is 11.8 Å². The Morgan fingerprint density at radius 1 is 0.952 bits per heavy atom. The van der Waals surface area contributed by atoms with E-state index in [4.69, 9.17) is 5.11 Å². The summed E-state index contributed by atoms with van der Waals surface area (Å²) in [5.74, 6) is -1.34. The Hall–Kier alpha value is -1.79. The average molecular weight is 302 g/mol. The molecule has 0 rings (SSSR count). The molecule has 7 heteroatoms. The summed E-state index contributed by atoms with van der Waals surface area (Å²) in [6.07, 6.45) is 0.734. The average Bonchev–Trinajstić information content (AvgIpc) is 2.34. The number of carbonyl (C=O) groups excluding carboxylic acids is 2. The van der Waals surface area contributed by atoms with Crippen LogP contribution < -0.4 is 10.6 Å². The van der Waals surface area contributed by atoms with Crippen molar-refractivity contribution >= 4 is 18.0 Å². The third kappa shape index (κ3) is 8.16. The summed E-state index contributed by atoms with van der Waals surface area (Å²) in [5.41, 5.74) is 0. The van der Waals surface area contributed by atoms with Crippen molar-refractivity contribution in [3.63, 3.8) is 0 Å². The van der Waals surface area contributed by atoms with Gasteiger partial charge in [0.1, 0.15) is 12.1 Å². The van der Waals surface area contributed by atoms with Crippen LogP contribution in [0.5, 0.6) is 0 Å². The number of amides is 2. The van der Waals surface area contributed by atoms with Gasteiger partial charge in [0.15, 0.2) is 0 Å². The molecule has 21 heavy (non-hydrogen) atoms. The van der Waals surface area contributed by atoms with E-state index in [1.165, 1.54) is 7.11 Å². The van der Waals surface area contributed by atoms with Gasteiger partial charge in [-0.2, -0.15) is 0 Å². The zero-order valence-corrected chi connectivity index (χ0v) is 13.3. The monoisotopic (exact) mass is 302 g/mol. The number of urea groups is 1.